The standard InChI is InChI=1S/C21H34N4O4/c26-14-18-17(22-20(27)15-5-1-2-6-15)8-7-16(29-18)9-12-25-13-19(23-24-25)21(28)10-3-4-11-21/h13,15-18,26,28H,1-12,14H2,(H,22,27)/t16-,17-,18-/m0/s1. The van der Waals surface area contributed by atoms with E-state index >= 15 is 0 Å². The SMILES string of the molecule is O=C(N[C@H]1CC[C@@H](CCn2cc(C3(O)CCCC3)nn2)O[C@H]1CO)C1CCCC1. The minimum absolute atomic E-state index is 0.0222. The molecule has 1 aliphatic heterocycles. The first-order valence-corrected chi connectivity index (χ1v) is 11.3. The van der Waals surface area contributed by atoms with Crippen molar-refractivity contribution in [1.82, 2.24) is 20.3 Å². The number of hydrogen-bond acceptors (Lipinski definition) is 6. The Morgan fingerprint density at radius 3 is 2.69 bits per heavy atom. The molecule has 162 valence electrons. The molecule has 0 spiro atoms. The fraction of sp³-hybridized carbons (Fsp3) is 0.857. The zero-order chi connectivity index (χ0) is 20.3. The average Bonchev–Trinajstić information content (AvgIpc) is 3.49. The van der Waals surface area contributed by atoms with Gasteiger partial charge in [0.25, 0.3) is 0 Å². The molecule has 2 heterocycles. The van der Waals surface area contributed by atoms with E-state index in [0.717, 1.165) is 70.6 Å². The Balaban J connectivity index is 1.26. The van der Waals surface area contributed by atoms with E-state index in [-0.39, 0.29) is 36.7 Å². The molecule has 3 N–H and O–H groups in total. The van der Waals surface area contributed by atoms with E-state index in [1.165, 1.54) is 0 Å². The van der Waals surface area contributed by atoms with Crippen molar-refractivity contribution in [2.45, 2.75) is 101 Å². The molecule has 0 bridgehead atoms. The molecule has 29 heavy (non-hydrogen) atoms. The maximum atomic E-state index is 12.4. The van der Waals surface area contributed by atoms with Gasteiger partial charge in [-0.15, -0.1) is 5.10 Å². The predicted octanol–water partition coefficient (Wildman–Crippen LogP) is 1.64. The largest absolute Gasteiger partial charge is 0.394 e. The van der Waals surface area contributed by atoms with Crippen LogP contribution in [0.3, 0.4) is 0 Å². The Kier molecular flexibility index (Phi) is 6.51. The van der Waals surface area contributed by atoms with Gasteiger partial charge < -0.3 is 20.3 Å². The molecule has 3 fully saturated rings. The van der Waals surface area contributed by atoms with Gasteiger partial charge in [-0.25, -0.2) is 0 Å². The Labute approximate surface area is 172 Å². The van der Waals surface area contributed by atoms with Gasteiger partial charge in [0.05, 0.1) is 24.9 Å². The second kappa shape index (κ2) is 9.10. The normalized spacial score (nSPS) is 29.9. The number of amides is 1. The molecule has 2 aliphatic carbocycles. The summed E-state index contributed by atoms with van der Waals surface area (Å²) < 4.78 is 7.86. The summed E-state index contributed by atoms with van der Waals surface area (Å²) in [6.07, 6.45) is 11.7. The summed E-state index contributed by atoms with van der Waals surface area (Å²) in [5.74, 6) is 0.247. The van der Waals surface area contributed by atoms with E-state index in [9.17, 15) is 15.0 Å². The van der Waals surface area contributed by atoms with Gasteiger partial charge in [0.2, 0.25) is 5.91 Å². The smallest absolute Gasteiger partial charge is 0.223 e. The highest BCUT2D eigenvalue weighted by Gasteiger charge is 2.36. The minimum Gasteiger partial charge on any atom is -0.394 e. The quantitative estimate of drug-likeness (QED) is 0.635. The van der Waals surface area contributed by atoms with Gasteiger partial charge in [-0.1, -0.05) is 30.9 Å². The summed E-state index contributed by atoms with van der Waals surface area (Å²) in [7, 11) is 0. The van der Waals surface area contributed by atoms with Crippen molar-refractivity contribution >= 4 is 5.91 Å². The lowest BCUT2D eigenvalue weighted by atomic mass is 9.96. The summed E-state index contributed by atoms with van der Waals surface area (Å²) in [4.78, 5) is 12.4. The summed E-state index contributed by atoms with van der Waals surface area (Å²) in [6, 6.07) is -0.112. The third kappa shape index (κ3) is 4.81. The van der Waals surface area contributed by atoms with Crippen LogP contribution < -0.4 is 5.32 Å². The molecule has 0 unspecified atom stereocenters. The first-order valence-electron chi connectivity index (χ1n) is 11.3. The molecular weight excluding hydrogens is 372 g/mol. The van der Waals surface area contributed by atoms with Crippen molar-refractivity contribution in [3.8, 4) is 0 Å². The van der Waals surface area contributed by atoms with Gasteiger partial charge in [0.1, 0.15) is 17.4 Å². The molecule has 1 aromatic heterocycles. The van der Waals surface area contributed by atoms with Crippen LogP contribution in [0.4, 0.5) is 0 Å². The Bertz CT molecular complexity index is 682. The number of nitrogens with one attached hydrogen (secondary N) is 1. The highest BCUT2D eigenvalue weighted by Crippen LogP contribution is 2.37. The molecular formula is C21H34N4O4. The highest BCUT2D eigenvalue weighted by atomic mass is 16.5. The van der Waals surface area contributed by atoms with Crippen LogP contribution in [0.1, 0.15) is 76.3 Å². The topological polar surface area (TPSA) is 110 Å². The number of carbonyl (C=O) groups is 1. The first-order chi connectivity index (χ1) is 14.1. The summed E-state index contributed by atoms with van der Waals surface area (Å²) in [6.45, 7) is 0.567. The van der Waals surface area contributed by atoms with Gasteiger partial charge in [0, 0.05) is 12.5 Å². The fourth-order valence-corrected chi connectivity index (χ4v) is 5.11. The van der Waals surface area contributed by atoms with Crippen molar-refractivity contribution in [2.75, 3.05) is 6.61 Å². The van der Waals surface area contributed by atoms with Crippen molar-refractivity contribution in [2.24, 2.45) is 5.92 Å². The van der Waals surface area contributed by atoms with Gasteiger partial charge in [0.15, 0.2) is 0 Å². The van der Waals surface area contributed by atoms with Crippen LogP contribution in [0.5, 0.6) is 0 Å². The number of hydrogen-bond donors (Lipinski definition) is 3. The van der Waals surface area contributed by atoms with Crippen molar-refractivity contribution in [1.29, 1.82) is 0 Å². The van der Waals surface area contributed by atoms with Crippen molar-refractivity contribution in [3.63, 3.8) is 0 Å². The average molecular weight is 407 g/mol. The van der Waals surface area contributed by atoms with E-state index in [1.807, 2.05) is 6.20 Å². The van der Waals surface area contributed by atoms with Crippen molar-refractivity contribution < 1.29 is 19.7 Å². The second-order valence-corrected chi connectivity index (χ2v) is 9.05. The molecule has 1 amide bonds. The van der Waals surface area contributed by atoms with Crippen LogP contribution in [-0.4, -0.2) is 56.0 Å². The van der Waals surface area contributed by atoms with E-state index in [2.05, 4.69) is 15.6 Å². The number of aromatic nitrogens is 3. The van der Waals surface area contributed by atoms with Gasteiger partial charge in [-0.05, 0) is 44.9 Å². The number of aliphatic hydroxyl groups excluding tert-OH is 1. The van der Waals surface area contributed by atoms with E-state index in [4.69, 9.17) is 4.74 Å². The van der Waals surface area contributed by atoms with Crippen LogP contribution in [-0.2, 0) is 21.7 Å². The molecule has 3 atom stereocenters. The van der Waals surface area contributed by atoms with Crippen LogP contribution in [0.15, 0.2) is 6.20 Å². The van der Waals surface area contributed by atoms with Crippen molar-refractivity contribution in [3.05, 3.63) is 11.9 Å². The lowest BCUT2D eigenvalue weighted by Crippen LogP contribution is -2.52. The maximum absolute atomic E-state index is 12.4. The second-order valence-electron chi connectivity index (χ2n) is 9.05. The maximum Gasteiger partial charge on any atom is 0.223 e. The third-order valence-electron chi connectivity index (χ3n) is 6.98. The third-order valence-corrected chi connectivity index (χ3v) is 6.98. The molecule has 0 aromatic carbocycles. The molecule has 0 radical (unpaired) electrons. The number of rotatable bonds is 7. The Morgan fingerprint density at radius 1 is 1.21 bits per heavy atom. The lowest BCUT2D eigenvalue weighted by Gasteiger charge is -2.36. The van der Waals surface area contributed by atoms with Crippen LogP contribution >= 0.6 is 0 Å². The number of aliphatic hydroxyl groups is 2. The molecule has 1 aromatic rings. The van der Waals surface area contributed by atoms with Gasteiger partial charge in [-0.3, -0.25) is 9.48 Å². The van der Waals surface area contributed by atoms with Gasteiger partial charge >= 0.3 is 0 Å². The Morgan fingerprint density at radius 2 is 1.97 bits per heavy atom. The molecule has 1 saturated heterocycles. The number of ether oxygens (including phenoxy) is 1. The fourth-order valence-electron chi connectivity index (χ4n) is 5.11. The Hall–Kier alpha value is -1.51. The van der Waals surface area contributed by atoms with Crippen LogP contribution in [0.25, 0.3) is 0 Å². The van der Waals surface area contributed by atoms with Gasteiger partial charge in [-0.2, -0.15) is 0 Å². The zero-order valence-electron chi connectivity index (χ0n) is 17.1. The van der Waals surface area contributed by atoms with E-state index in [1.54, 1.807) is 4.68 Å². The lowest BCUT2D eigenvalue weighted by molar-refractivity contribution is -0.132. The van der Waals surface area contributed by atoms with E-state index < -0.39 is 5.60 Å². The summed E-state index contributed by atoms with van der Waals surface area (Å²) >= 11 is 0. The first kappa shape index (κ1) is 20.8. The minimum atomic E-state index is -0.813. The molecule has 2 saturated carbocycles. The monoisotopic (exact) mass is 406 g/mol. The number of carbonyl (C=O) groups excluding carboxylic acids is 1. The predicted molar refractivity (Wildman–Crippen MR) is 106 cm³/mol. The summed E-state index contributed by atoms with van der Waals surface area (Å²) in [5, 5.41) is 31.9. The molecule has 3 aliphatic rings. The molecule has 8 nitrogen and oxygen atoms in total. The molecule has 4 rings (SSSR count). The molecule has 8 heteroatoms. The zero-order valence-corrected chi connectivity index (χ0v) is 17.1. The van der Waals surface area contributed by atoms with Crippen LogP contribution in [0, 0.1) is 5.92 Å². The highest BCUT2D eigenvalue weighted by molar-refractivity contribution is 5.79. The van der Waals surface area contributed by atoms with E-state index in [0.29, 0.717) is 12.2 Å². The number of nitrogens with zero attached hydrogens (tertiary/aromatic N) is 3. The summed E-state index contributed by atoms with van der Waals surface area (Å²) in [5.41, 5.74) is -0.144. The van der Waals surface area contributed by atoms with Crippen LogP contribution in [0.2, 0.25) is 0 Å². The number of aryl methyl sites for hydroxylation is 1.